The number of carbonyl (C=O) groups excluding carboxylic acids is 2. The third kappa shape index (κ3) is 6.92. The number of esters is 2. The summed E-state index contributed by atoms with van der Waals surface area (Å²) in [6, 6.07) is 0. The molecule has 0 saturated heterocycles. The Morgan fingerprint density at radius 3 is 1.96 bits per heavy atom. The number of hydrogen-bond donors (Lipinski definition) is 0. The van der Waals surface area contributed by atoms with E-state index in [1.807, 2.05) is 0 Å². The Kier molecular flexibility index (Phi) is 14.0. The van der Waals surface area contributed by atoms with Gasteiger partial charge in [0.15, 0.2) is 0 Å². The van der Waals surface area contributed by atoms with Gasteiger partial charge in [-0.25, -0.2) is 9.59 Å². The Balaban J connectivity index is 0. The van der Waals surface area contributed by atoms with E-state index in [0.717, 1.165) is 11.8 Å². The summed E-state index contributed by atoms with van der Waals surface area (Å²) >= 11 is 0. The van der Waals surface area contributed by atoms with Crippen LogP contribution >= 0.6 is 0 Å². The Labute approximate surface area is 207 Å². The third-order valence-electron chi connectivity index (χ3n) is 6.12. The van der Waals surface area contributed by atoms with Crippen molar-refractivity contribution in [2.45, 2.75) is 59.0 Å². The molecule has 4 fully saturated rings. The summed E-state index contributed by atoms with van der Waals surface area (Å²) < 4.78 is 16.1. The molecule has 4 aliphatic rings. The van der Waals surface area contributed by atoms with E-state index in [9.17, 15) is 9.59 Å². The van der Waals surface area contributed by atoms with Gasteiger partial charge in [0.1, 0.15) is 18.8 Å². The van der Waals surface area contributed by atoms with Crippen molar-refractivity contribution < 1.29 is 81.6 Å². The molecule has 5 nitrogen and oxygen atoms in total. The second-order valence-electron chi connectivity index (χ2n) is 7.93. The van der Waals surface area contributed by atoms with E-state index in [1.54, 1.807) is 6.92 Å². The van der Waals surface area contributed by atoms with Gasteiger partial charge >= 0.3 is 11.9 Å². The molecule has 0 atom stereocenters. The zero-order valence-electron chi connectivity index (χ0n) is 16.4. The first-order valence-electron chi connectivity index (χ1n) is 9.00. The standard InChI is InChI=1S/C19H28O5.CH4.He.2Hf/c1-12(2)18(21)23-5-4-22-11-17(20)24-19(3)15-7-13-6-14(9-15)10-16(19)8-13;;;;/h13-16H,1,4-11H2,2-3H3;1H4;;;. The minimum absolute atomic E-state index is 0. The molecule has 4 bridgehead atoms. The Bertz CT molecular complexity index is 513. The Hall–Kier alpha value is 0.289. The van der Waals surface area contributed by atoms with E-state index in [1.165, 1.54) is 32.1 Å². The maximum absolute atomic E-state index is 12.2. The second kappa shape index (κ2) is 12.9. The molecule has 0 aromatic carbocycles. The molecule has 0 N–H and O–H groups in total. The van der Waals surface area contributed by atoms with Gasteiger partial charge in [-0.05, 0) is 69.6 Å². The molecule has 4 aliphatic carbocycles. The molecule has 28 heavy (non-hydrogen) atoms. The summed E-state index contributed by atoms with van der Waals surface area (Å²) in [4.78, 5) is 23.4. The van der Waals surface area contributed by atoms with E-state index in [-0.39, 0.29) is 96.7 Å². The molecule has 0 aromatic rings. The fourth-order valence-corrected chi connectivity index (χ4v) is 5.03. The summed E-state index contributed by atoms with van der Waals surface area (Å²) in [5.41, 5.74) is 0.0320. The van der Waals surface area contributed by atoms with E-state index in [4.69, 9.17) is 14.2 Å². The maximum Gasteiger partial charge on any atom is 0.333 e. The van der Waals surface area contributed by atoms with Crippen LogP contribution in [0.3, 0.4) is 0 Å². The smallest absolute Gasteiger partial charge is 0.333 e. The minimum Gasteiger partial charge on any atom is -0.460 e. The van der Waals surface area contributed by atoms with Crippen LogP contribution in [0.4, 0.5) is 0 Å². The normalized spacial score (nSPS) is 31.2. The van der Waals surface area contributed by atoms with Gasteiger partial charge in [0.2, 0.25) is 0 Å². The average molecular weight is 713 g/mol. The molecule has 0 radical (unpaired) electrons. The van der Waals surface area contributed by atoms with Crippen LogP contribution in [0.5, 0.6) is 0 Å². The molecule has 152 valence electrons. The molecule has 0 amide bonds. The quantitative estimate of drug-likeness (QED) is 0.175. The fourth-order valence-electron chi connectivity index (χ4n) is 5.03. The number of hydrogen-bond acceptors (Lipinski definition) is 5. The first-order valence-corrected chi connectivity index (χ1v) is 9.00. The summed E-state index contributed by atoms with van der Waals surface area (Å²) in [6.07, 6.45) is 6.19. The number of rotatable bonds is 7. The van der Waals surface area contributed by atoms with Crippen molar-refractivity contribution in [3.8, 4) is 0 Å². The fraction of sp³-hybridized carbons (Fsp3) is 0.800. The molecule has 0 aliphatic heterocycles. The first kappa shape index (κ1) is 30.5. The summed E-state index contributed by atoms with van der Waals surface area (Å²) in [6.45, 7) is 7.42. The van der Waals surface area contributed by atoms with Crippen molar-refractivity contribution in [2.24, 2.45) is 23.7 Å². The summed E-state index contributed by atoms with van der Waals surface area (Å²) in [5.74, 6) is 1.96. The molecule has 4 rings (SSSR count). The summed E-state index contributed by atoms with van der Waals surface area (Å²) in [7, 11) is 0. The van der Waals surface area contributed by atoms with Crippen LogP contribution in [0.15, 0.2) is 12.2 Å². The largest absolute Gasteiger partial charge is 0.460 e. The van der Waals surface area contributed by atoms with Gasteiger partial charge in [-0.1, -0.05) is 14.0 Å². The van der Waals surface area contributed by atoms with Crippen molar-refractivity contribution >= 4 is 11.9 Å². The molecule has 0 spiro atoms. The predicted molar refractivity (Wildman–Crippen MR) is 94.9 cm³/mol. The van der Waals surface area contributed by atoms with Crippen LogP contribution in [-0.2, 0) is 75.5 Å². The van der Waals surface area contributed by atoms with Gasteiger partial charge in [-0.3, -0.25) is 0 Å². The van der Waals surface area contributed by atoms with Crippen molar-refractivity contribution in [2.75, 3.05) is 19.8 Å². The number of carbonyl (C=O) groups is 2. The van der Waals surface area contributed by atoms with E-state index in [0.29, 0.717) is 17.4 Å². The van der Waals surface area contributed by atoms with Crippen molar-refractivity contribution in [1.29, 1.82) is 0 Å². The number of ether oxygens (including phenoxy) is 3. The van der Waals surface area contributed by atoms with Crippen molar-refractivity contribution in [3.05, 3.63) is 12.2 Å². The van der Waals surface area contributed by atoms with Crippen LogP contribution in [0.1, 0.15) is 53.4 Å². The van der Waals surface area contributed by atoms with E-state index < -0.39 is 5.97 Å². The van der Waals surface area contributed by atoms with E-state index >= 15 is 0 Å². The Morgan fingerprint density at radius 1 is 1.00 bits per heavy atom. The van der Waals surface area contributed by atoms with Gasteiger partial charge in [0, 0.05) is 63.4 Å². The predicted octanol–water partition coefficient (Wildman–Crippen LogP) is 3.51. The van der Waals surface area contributed by atoms with Gasteiger partial charge in [-0.15, -0.1) is 0 Å². The zero-order valence-corrected chi connectivity index (χ0v) is 23.6. The van der Waals surface area contributed by atoms with Gasteiger partial charge in [-0.2, -0.15) is 0 Å². The first-order chi connectivity index (χ1) is 11.4. The van der Waals surface area contributed by atoms with Gasteiger partial charge in [0.25, 0.3) is 0 Å². The Morgan fingerprint density at radius 2 is 1.50 bits per heavy atom. The van der Waals surface area contributed by atoms with Crippen molar-refractivity contribution in [3.63, 3.8) is 0 Å². The molecule has 4 saturated carbocycles. The van der Waals surface area contributed by atoms with Crippen molar-refractivity contribution in [1.82, 2.24) is 0 Å². The topological polar surface area (TPSA) is 61.8 Å². The maximum atomic E-state index is 12.2. The monoisotopic (exact) mass is 716 g/mol. The molecule has 0 aromatic heterocycles. The average Bonchev–Trinajstić information content (AvgIpc) is 2.51. The van der Waals surface area contributed by atoms with Gasteiger partial charge < -0.3 is 14.2 Å². The molecular formula is C20H32HeHf2O5. The molecule has 8 heteroatoms. The summed E-state index contributed by atoms with van der Waals surface area (Å²) in [5, 5.41) is 0. The van der Waals surface area contributed by atoms with Crippen LogP contribution < -0.4 is 0 Å². The molecule has 0 unspecified atom stereocenters. The zero-order chi connectivity index (χ0) is 17.3. The second-order valence-corrected chi connectivity index (χ2v) is 7.93. The van der Waals surface area contributed by atoms with Gasteiger partial charge in [0.05, 0.1) is 6.61 Å². The molecule has 0 heterocycles. The van der Waals surface area contributed by atoms with E-state index in [2.05, 4.69) is 13.5 Å². The van der Waals surface area contributed by atoms with Crippen LogP contribution in [0.25, 0.3) is 0 Å². The molecular weight excluding hydrogens is 681 g/mol. The SMILES string of the molecule is C.C=C(C)C(=O)OCCOCC(=O)OC1(C)C2CC3CC(C2)CC1C3.[He].[Hf].[Hf]. The van der Waals surface area contributed by atoms with Crippen LogP contribution in [0, 0.1) is 29.8 Å². The minimum atomic E-state index is -0.442. The van der Waals surface area contributed by atoms with Crippen LogP contribution in [0.2, 0.25) is 0 Å². The van der Waals surface area contributed by atoms with Crippen LogP contribution in [-0.4, -0.2) is 37.4 Å². The third-order valence-corrected chi connectivity index (χ3v) is 6.12.